The Hall–Kier alpha value is -1.35. The molecule has 0 amide bonds. The van der Waals surface area contributed by atoms with Crippen molar-refractivity contribution >= 4 is 5.97 Å². The smallest absolute Gasteiger partial charge is 0.335 e. The third-order valence-electron chi connectivity index (χ3n) is 4.26. The molecule has 0 heterocycles. The van der Waals surface area contributed by atoms with E-state index < -0.39 is 5.41 Å². The van der Waals surface area contributed by atoms with Crippen LogP contribution < -0.4 is 5.90 Å². The van der Waals surface area contributed by atoms with Gasteiger partial charge in [-0.25, -0.2) is 4.79 Å². The number of rotatable bonds is 6. The van der Waals surface area contributed by atoms with Crippen LogP contribution in [0.25, 0.3) is 0 Å². The number of unbranched alkanes of at least 4 members (excludes halogenated alkanes) is 1. The SMILES string of the molecule is CCCCC(C(=O)ON)(c1cc(C)ccc1C)C(C)C. The van der Waals surface area contributed by atoms with Crippen molar-refractivity contribution in [1.29, 1.82) is 0 Å². The van der Waals surface area contributed by atoms with Crippen molar-refractivity contribution in [2.24, 2.45) is 11.8 Å². The quantitative estimate of drug-likeness (QED) is 0.805. The molecule has 20 heavy (non-hydrogen) atoms. The molecule has 0 aliphatic heterocycles. The van der Waals surface area contributed by atoms with Crippen molar-refractivity contribution < 1.29 is 9.63 Å². The number of nitrogens with two attached hydrogens (primary N) is 1. The van der Waals surface area contributed by atoms with Gasteiger partial charge in [0.15, 0.2) is 0 Å². The van der Waals surface area contributed by atoms with Crippen LogP contribution in [0.5, 0.6) is 0 Å². The second-order valence-corrected chi connectivity index (χ2v) is 5.95. The van der Waals surface area contributed by atoms with Crippen molar-refractivity contribution in [2.45, 2.75) is 59.3 Å². The first kappa shape index (κ1) is 16.7. The maximum absolute atomic E-state index is 12.5. The van der Waals surface area contributed by atoms with Crippen LogP contribution in [0.15, 0.2) is 18.2 Å². The molecule has 0 aromatic heterocycles. The highest BCUT2D eigenvalue weighted by atomic mass is 16.7. The number of hydrogen-bond donors (Lipinski definition) is 1. The largest absolute Gasteiger partial charge is 0.373 e. The molecule has 1 aromatic carbocycles. The van der Waals surface area contributed by atoms with Crippen LogP contribution in [-0.2, 0) is 15.0 Å². The Morgan fingerprint density at radius 3 is 2.50 bits per heavy atom. The maximum Gasteiger partial charge on any atom is 0.335 e. The van der Waals surface area contributed by atoms with Crippen LogP contribution in [0, 0.1) is 19.8 Å². The van der Waals surface area contributed by atoms with Gasteiger partial charge in [0.25, 0.3) is 0 Å². The van der Waals surface area contributed by atoms with Gasteiger partial charge in [-0.2, -0.15) is 5.90 Å². The summed E-state index contributed by atoms with van der Waals surface area (Å²) in [5, 5.41) is 0. The Bertz CT molecular complexity index is 468. The molecule has 112 valence electrons. The van der Waals surface area contributed by atoms with E-state index in [0.717, 1.165) is 36.0 Å². The third kappa shape index (κ3) is 3.04. The van der Waals surface area contributed by atoms with Gasteiger partial charge in [0.1, 0.15) is 0 Å². The highest BCUT2D eigenvalue weighted by Crippen LogP contribution is 2.40. The zero-order valence-electron chi connectivity index (χ0n) is 13.3. The number of benzene rings is 1. The predicted octanol–water partition coefficient (Wildman–Crippen LogP) is 3.80. The van der Waals surface area contributed by atoms with Crippen molar-refractivity contribution in [3.63, 3.8) is 0 Å². The van der Waals surface area contributed by atoms with E-state index in [2.05, 4.69) is 43.8 Å². The van der Waals surface area contributed by atoms with E-state index in [1.165, 1.54) is 0 Å². The zero-order chi connectivity index (χ0) is 15.3. The molecule has 1 rings (SSSR count). The first-order valence-corrected chi connectivity index (χ1v) is 7.39. The summed E-state index contributed by atoms with van der Waals surface area (Å²) in [4.78, 5) is 17.2. The Labute approximate surface area is 122 Å². The number of aryl methyl sites for hydroxylation is 2. The van der Waals surface area contributed by atoms with E-state index in [0.29, 0.717) is 0 Å². The third-order valence-corrected chi connectivity index (χ3v) is 4.26. The topological polar surface area (TPSA) is 52.3 Å². The van der Waals surface area contributed by atoms with E-state index in [1.54, 1.807) is 0 Å². The zero-order valence-corrected chi connectivity index (χ0v) is 13.3. The summed E-state index contributed by atoms with van der Waals surface area (Å²) in [6, 6.07) is 6.23. The first-order valence-electron chi connectivity index (χ1n) is 7.39. The van der Waals surface area contributed by atoms with Gasteiger partial charge in [-0.05, 0) is 37.3 Å². The van der Waals surface area contributed by atoms with Crippen molar-refractivity contribution in [1.82, 2.24) is 0 Å². The molecular weight excluding hydrogens is 250 g/mol. The molecule has 1 aromatic rings. The van der Waals surface area contributed by atoms with Crippen LogP contribution in [0.1, 0.15) is 56.7 Å². The molecule has 1 atom stereocenters. The van der Waals surface area contributed by atoms with Gasteiger partial charge in [-0.15, -0.1) is 0 Å². The lowest BCUT2D eigenvalue weighted by atomic mass is 9.67. The lowest BCUT2D eigenvalue weighted by Gasteiger charge is -2.36. The second kappa shape index (κ2) is 6.89. The van der Waals surface area contributed by atoms with Crippen LogP contribution in [0.4, 0.5) is 0 Å². The summed E-state index contributed by atoms with van der Waals surface area (Å²) in [5.41, 5.74) is 2.67. The minimum atomic E-state index is -0.652. The molecule has 0 bridgehead atoms. The highest BCUT2D eigenvalue weighted by Gasteiger charge is 2.45. The molecular formula is C17H27NO2. The fraction of sp³-hybridized carbons (Fsp3) is 0.588. The summed E-state index contributed by atoms with van der Waals surface area (Å²) in [6.07, 6.45) is 2.78. The summed E-state index contributed by atoms with van der Waals surface area (Å²) >= 11 is 0. The van der Waals surface area contributed by atoms with E-state index in [-0.39, 0.29) is 11.9 Å². The number of carbonyl (C=O) groups is 1. The number of carbonyl (C=O) groups excluding carboxylic acids is 1. The predicted molar refractivity (Wildman–Crippen MR) is 82.2 cm³/mol. The molecule has 1 unspecified atom stereocenters. The number of hydrogen-bond acceptors (Lipinski definition) is 3. The normalized spacial score (nSPS) is 14.2. The minimum Gasteiger partial charge on any atom is -0.373 e. The van der Waals surface area contributed by atoms with Crippen LogP contribution in [0.3, 0.4) is 0 Å². The van der Waals surface area contributed by atoms with E-state index in [9.17, 15) is 4.79 Å². The molecule has 3 nitrogen and oxygen atoms in total. The molecule has 0 saturated heterocycles. The second-order valence-electron chi connectivity index (χ2n) is 5.95. The maximum atomic E-state index is 12.5. The average molecular weight is 277 g/mol. The fourth-order valence-electron chi connectivity index (χ4n) is 2.96. The minimum absolute atomic E-state index is 0.130. The highest BCUT2D eigenvalue weighted by molar-refractivity contribution is 5.84. The van der Waals surface area contributed by atoms with Crippen molar-refractivity contribution in [3.8, 4) is 0 Å². The molecule has 0 radical (unpaired) electrons. The summed E-state index contributed by atoms with van der Waals surface area (Å²) in [6.45, 7) is 10.3. The van der Waals surface area contributed by atoms with Gasteiger partial charge >= 0.3 is 5.97 Å². The van der Waals surface area contributed by atoms with Crippen LogP contribution >= 0.6 is 0 Å². The lowest BCUT2D eigenvalue weighted by Crippen LogP contribution is -2.44. The molecule has 0 aliphatic rings. The Morgan fingerprint density at radius 2 is 2.00 bits per heavy atom. The van der Waals surface area contributed by atoms with Gasteiger partial charge in [0, 0.05) is 0 Å². The lowest BCUT2D eigenvalue weighted by molar-refractivity contribution is -0.154. The molecule has 2 N–H and O–H groups in total. The van der Waals surface area contributed by atoms with Crippen LogP contribution in [0.2, 0.25) is 0 Å². The summed E-state index contributed by atoms with van der Waals surface area (Å²) < 4.78 is 0. The van der Waals surface area contributed by atoms with Crippen LogP contribution in [-0.4, -0.2) is 5.97 Å². The monoisotopic (exact) mass is 277 g/mol. The summed E-state index contributed by atoms with van der Waals surface area (Å²) in [7, 11) is 0. The van der Waals surface area contributed by atoms with E-state index >= 15 is 0 Å². The Balaban J connectivity index is 3.48. The average Bonchev–Trinajstić information content (AvgIpc) is 2.42. The Morgan fingerprint density at radius 1 is 1.35 bits per heavy atom. The standard InChI is InChI=1S/C17H27NO2/c1-6-7-10-17(12(2)3,16(19)20-18)15-11-13(4)8-9-14(15)5/h8-9,11-12H,6-7,10,18H2,1-5H3. The summed E-state index contributed by atoms with van der Waals surface area (Å²) in [5.74, 6) is 5.05. The van der Waals surface area contributed by atoms with Crippen molar-refractivity contribution in [3.05, 3.63) is 34.9 Å². The van der Waals surface area contributed by atoms with Gasteiger partial charge in [0.2, 0.25) is 0 Å². The molecule has 0 saturated carbocycles. The molecule has 0 fully saturated rings. The van der Waals surface area contributed by atoms with E-state index in [1.807, 2.05) is 13.8 Å². The molecule has 0 aliphatic carbocycles. The van der Waals surface area contributed by atoms with Crippen molar-refractivity contribution in [2.75, 3.05) is 0 Å². The Kier molecular flexibility index (Phi) is 5.75. The van der Waals surface area contributed by atoms with Gasteiger partial charge in [0.05, 0.1) is 5.41 Å². The molecule has 3 heteroatoms. The van der Waals surface area contributed by atoms with Gasteiger partial charge < -0.3 is 4.84 Å². The first-order chi connectivity index (χ1) is 9.40. The van der Waals surface area contributed by atoms with Gasteiger partial charge in [-0.1, -0.05) is 57.4 Å². The fourth-order valence-corrected chi connectivity index (χ4v) is 2.96. The van der Waals surface area contributed by atoms with Gasteiger partial charge in [-0.3, -0.25) is 0 Å². The van der Waals surface area contributed by atoms with E-state index in [4.69, 9.17) is 5.90 Å². The molecule has 0 spiro atoms.